The van der Waals surface area contributed by atoms with Crippen molar-refractivity contribution in [1.29, 1.82) is 0 Å². The smallest absolute Gasteiger partial charge is 0.00122 e. The molecule has 0 bridgehead atoms. The van der Waals surface area contributed by atoms with E-state index in [1.165, 1.54) is 26.1 Å². The first-order valence-corrected chi connectivity index (χ1v) is 5.35. The third-order valence-corrected chi connectivity index (χ3v) is 3.16. The Kier molecular flexibility index (Phi) is 3.57. The molecule has 1 heteroatoms. The molecule has 0 aliphatic carbocycles. The maximum Gasteiger partial charge on any atom is 0.00122 e. The van der Waals surface area contributed by atoms with Crippen molar-refractivity contribution in [1.82, 2.24) is 4.90 Å². The van der Waals surface area contributed by atoms with Crippen molar-refractivity contribution in [3.05, 3.63) is 0 Å². The molecule has 0 N–H and O–H groups in total. The summed E-state index contributed by atoms with van der Waals surface area (Å²) < 4.78 is 0. The highest BCUT2D eigenvalue weighted by atomic mass is 15.1. The lowest BCUT2D eigenvalue weighted by molar-refractivity contribution is 0.112. The van der Waals surface area contributed by atoms with Gasteiger partial charge in [0.25, 0.3) is 0 Å². The van der Waals surface area contributed by atoms with Crippen molar-refractivity contribution < 1.29 is 0 Å². The van der Waals surface area contributed by atoms with Gasteiger partial charge in [-0.1, -0.05) is 27.7 Å². The van der Waals surface area contributed by atoms with E-state index in [9.17, 15) is 0 Å². The van der Waals surface area contributed by atoms with Crippen LogP contribution in [-0.2, 0) is 0 Å². The van der Waals surface area contributed by atoms with Crippen LogP contribution in [0, 0.1) is 17.8 Å². The zero-order valence-corrected chi connectivity index (χ0v) is 9.01. The van der Waals surface area contributed by atoms with Gasteiger partial charge in [-0.25, -0.2) is 0 Å². The minimum absolute atomic E-state index is 0.863. The Hall–Kier alpha value is -0.0400. The average Bonchev–Trinajstić information content (AvgIpc) is 2.03. The Morgan fingerprint density at radius 3 is 2.50 bits per heavy atom. The normalized spacial score (nSPS) is 32.8. The third kappa shape index (κ3) is 2.48. The number of hydrogen-bond donors (Lipinski definition) is 0. The summed E-state index contributed by atoms with van der Waals surface area (Å²) in [6, 6.07) is 0. The number of likely N-dealkylation sites (tertiary alicyclic amines) is 1. The fourth-order valence-electron chi connectivity index (χ4n) is 2.25. The van der Waals surface area contributed by atoms with Crippen molar-refractivity contribution >= 4 is 0 Å². The molecule has 1 fully saturated rings. The Morgan fingerprint density at radius 1 is 1.33 bits per heavy atom. The molecule has 12 heavy (non-hydrogen) atoms. The zero-order chi connectivity index (χ0) is 9.14. The highest BCUT2D eigenvalue weighted by Crippen LogP contribution is 2.26. The molecule has 1 heterocycles. The van der Waals surface area contributed by atoms with Gasteiger partial charge >= 0.3 is 0 Å². The molecule has 1 aliphatic heterocycles. The third-order valence-electron chi connectivity index (χ3n) is 3.16. The Labute approximate surface area is 77.1 Å². The molecule has 0 amide bonds. The van der Waals surface area contributed by atoms with Crippen LogP contribution in [0.1, 0.15) is 34.1 Å². The van der Waals surface area contributed by atoms with E-state index in [2.05, 4.69) is 32.6 Å². The summed E-state index contributed by atoms with van der Waals surface area (Å²) in [6.45, 7) is 13.3. The molecule has 0 spiro atoms. The second-order valence-electron chi connectivity index (χ2n) is 4.70. The summed E-state index contributed by atoms with van der Waals surface area (Å²) in [7, 11) is 0. The maximum absolute atomic E-state index is 2.60. The van der Waals surface area contributed by atoms with Gasteiger partial charge < -0.3 is 4.90 Å². The molecule has 2 atom stereocenters. The molecular weight excluding hydrogens is 146 g/mol. The first kappa shape index (κ1) is 10.0. The SMILES string of the molecule is CCN1CC(C)CC(C(C)C)C1. The molecular formula is C11H23N. The van der Waals surface area contributed by atoms with Crippen molar-refractivity contribution in [3.63, 3.8) is 0 Å². The van der Waals surface area contributed by atoms with Crippen LogP contribution in [0.2, 0.25) is 0 Å². The zero-order valence-electron chi connectivity index (χ0n) is 9.01. The van der Waals surface area contributed by atoms with Gasteiger partial charge in [0, 0.05) is 13.1 Å². The van der Waals surface area contributed by atoms with Crippen LogP contribution < -0.4 is 0 Å². The van der Waals surface area contributed by atoms with Gasteiger partial charge in [0.1, 0.15) is 0 Å². The predicted octanol–water partition coefficient (Wildman–Crippen LogP) is 2.62. The molecule has 1 aliphatic rings. The molecule has 0 aromatic heterocycles. The van der Waals surface area contributed by atoms with Crippen molar-refractivity contribution in [3.8, 4) is 0 Å². The standard InChI is InChI=1S/C11H23N/c1-5-12-7-10(4)6-11(8-12)9(2)3/h9-11H,5-8H2,1-4H3. The molecule has 0 radical (unpaired) electrons. The maximum atomic E-state index is 2.60. The first-order chi connectivity index (χ1) is 5.63. The van der Waals surface area contributed by atoms with Gasteiger partial charge in [-0.3, -0.25) is 0 Å². The number of nitrogens with zero attached hydrogens (tertiary/aromatic N) is 1. The van der Waals surface area contributed by atoms with E-state index in [4.69, 9.17) is 0 Å². The predicted molar refractivity (Wildman–Crippen MR) is 54.2 cm³/mol. The van der Waals surface area contributed by atoms with Gasteiger partial charge in [-0.15, -0.1) is 0 Å². The minimum atomic E-state index is 0.863. The lowest BCUT2D eigenvalue weighted by atomic mass is 9.83. The van der Waals surface area contributed by atoms with E-state index in [1.54, 1.807) is 0 Å². The quantitative estimate of drug-likeness (QED) is 0.614. The van der Waals surface area contributed by atoms with Crippen LogP contribution in [0.25, 0.3) is 0 Å². The van der Waals surface area contributed by atoms with Crippen molar-refractivity contribution in [2.24, 2.45) is 17.8 Å². The largest absolute Gasteiger partial charge is 0.303 e. The summed E-state index contributed by atoms with van der Waals surface area (Å²) in [5, 5.41) is 0. The topological polar surface area (TPSA) is 3.24 Å². The lowest BCUT2D eigenvalue weighted by Gasteiger charge is -2.37. The first-order valence-electron chi connectivity index (χ1n) is 5.35. The van der Waals surface area contributed by atoms with E-state index in [0.29, 0.717) is 0 Å². The lowest BCUT2D eigenvalue weighted by Crippen LogP contribution is -2.41. The fraction of sp³-hybridized carbons (Fsp3) is 1.00. The van der Waals surface area contributed by atoms with Crippen molar-refractivity contribution in [2.75, 3.05) is 19.6 Å². The van der Waals surface area contributed by atoms with Crippen LogP contribution in [0.3, 0.4) is 0 Å². The summed E-state index contributed by atoms with van der Waals surface area (Å²) in [5.74, 6) is 2.71. The van der Waals surface area contributed by atoms with Crippen molar-refractivity contribution in [2.45, 2.75) is 34.1 Å². The summed E-state index contributed by atoms with van der Waals surface area (Å²) >= 11 is 0. The Bertz CT molecular complexity index is 131. The second kappa shape index (κ2) is 4.27. The molecule has 0 aromatic carbocycles. The molecule has 72 valence electrons. The molecule has 1 saturated heterocycles. The Balaban J connectivity index is 2.45. The summed E-state index contributed by atoms with van der Waals surface area (Å²) in [4.78, 5) is 2.60. The minimum Gasteiger partial charge on any atom is -0.303 e. The van der Waals surface area contributed by atoms with Crippen LogP contribution in [-0.4, -0.2) is 24.5 Å². The summed E-state index contributed by atoms with van der Waals surface area (Å²) in [6.07, 6.45) is 1.44. The molecule has 1 rings (SSSR count). The number of piperidine rings is 1. The van der Waals surface area contributed by atoms with E-state index in [1.807, 2.05) is 0 Å². The molecule has 1 nitrogen and oxygen atoms in total. The summed E-state index contributed by atoms with van der Waals surface area (Å²) in [5.41, 5.74) is 0. The van der Waals surface area contributed by atoms with Gasteiger partial charge in [0.15, 0.2) is 0 Å². The van der Waals surface area contributed by atoms with Crippen LogP contribution in [0.5, 0.6) is 0 Å². The monoisotopic (exact) mass is 169 g/mol. The average molecular weight is 169 g/mol. The van der Waals surface area contributed by atoms with Gasteiger partial charge in [0.2, 0.25) is 0 Å². The number of rotatable bonds is 2. The van der Waals surface area contributed by atoms with Crippen LogP contribution in [0.15, 0.2) is 0 Å². The molecule has 0 saturated carbocycles. The second-order valence-corrected chi connectivity index (χ2v) is 4.70. The molecule has 0 aromatic rings. The van der Waals surface area contributed by atoms with Gasteiger partial charge in [0.05, 0.1) is 0 Å². The van der Waals surface area contributed by atoms with E-state index in [-0.39, 0.29) is 0 Å². The fourth-order valence-corrected chi connectivity index (χ4v) is 2.25. The number of hydrogen-bond acceptors (Lipinski definition) is 1. The van der Waals surface area contributed by atoms with Gasteiger partial charge in [-0.2, -0.15) is 0 Å². The van der Waals surface area contributed by atoms with Crippen LogP contribution >= 0.6 is 0 Å². The Morgan fingerprint density at radius 2 is 2.00 bits per heavy atom. The van der Waals surface area contributed by atoms with Crippen LogP contribution in [0.4, 0.5) is 0 Å². The van der Waals surface area contributed by atoms with E-state index < -0.39 is 0 Å². The molecule has 2 unspecified atom stereocenters. The van der Waals surface area contributed by atoms with E-state index >= 15 is 0 Å². The van der Waals surface area contributed by atoms with E-state index in [0.717, 1.165) is 17.8 Å². The van der Waals surface area contributed by atoms with Gasteiger partial charge in [-0.05, 0) is 30.7 Å². The highest BCUT2D eigenvalue weighted by Gasteiger charge is 2.25. The highest BCUT2D eigenvalue weighted by molar-refractivity contribution is 4.77.